The molecule has 1 heterocycles. The number of para-hydroxylation sites is 2. The van der Waals surface area contributed by atoms with Crippen molar-refractivity contribution in [1.29, 1.82) is 0 Å². The van der Waals surface area contributed by atoms with E-state index in [4.69, 9.17) is 0 Å². The van der Waals surface area contributed by atoms with Crippen molar-refractivity contribution in [2.75, 3.05) is 11.1 Å². The Labute approximate surface area is 205 Å². The van der Waals surface area contributed by atoms with E-state index >= 15 is 0 Å². The molecule has 0 radical (unpaired) electrons. The fraction of sp³-hybridized carbons (Fsp3) is 0.0769. The van der Waals surface area contributed by atoms with Crippen molar-refractivity contribution in [3.8, 4) is 0 Å². The summed E-state index contributed by atoms with van der Waals surface area (Å²) in [5.41, 5.74) is 1.73. The molecule has 1 amide bonds. The fourth-order valence-corrected chi connectivity index (χ4v) is 6.29. The Morgan fingerprint density at radius 3 is 2.51 bits per heavy atom. The van der Waals surface area contributed by atoms with E-state index in [1.165, 1.54) is 10.0 Å². The van der Waals surface area contributed by atoms with Crippen LogP contribution >= 0.6 is 11.8 Å². The maximum Gasteiger partial charge on any atom is 0.270 e. The number of rotatable bonds is 6. The van der Waals surface area contributed by atoms with Gasteiger partial charge in [-0.05, 0) is 59.7 Å². The SMILES string of the molecule is Cc1ccc(NC(=O)CSc2nc3ccccc3n2S(=O)(=O)c2ccc3ccccc3c2)cc1F. The van der Waals surface area contributed by atoms with Crippen LogP contribution in [-0.2, 0) is 14.8 Å². The molecular formula is C26H20FN3O3S2. The van der Waals surface area contributed by atoms with Crippen LogP contribution in [0.1, 0.15) is 5.56 Å². The number of nitrogens with one attached hydrogen (secondary N) is 1. The lowest BCUT2D eigenvalue weighted by Crippen LogP contribution is -2.17. The Kier molecular flexibility index (Phi) is 6.04. The lowest BCUT2D eigenvalue weighted by atomic mass is 10.1. The number of nitrogens with zero attached hydrogens (tertiary/aromatic N) is 2. The Morgan fingerprint density at radius 2 is 1.71 bits per heavy atom. The summed E-state index contributed by atoms with van der Waals surface area (Å²) in [5.74, 6) is -0.926. The molecule has 1 aromatic heterocycles. The van der Waals surface area contributed by atoms with E-state index in [1.807, 2.05) is 24.3 Å². The third-order valence-electron chi connectivity index (χ3n) is 5.54. The van der Waals surface area contributed by atoms with Crippen LogP contribution in [0.5, 0.6) is 0 Å². The molecule has 0 saturated carbocycles. The quantitative estimate of drug-likeness (QED) is 0.304. The van der Waals surface area contributed by atoms with Crippen LogP contribution in [0.4, 0.5) is 10.1 Å². The Morgan fingerprint density at radius 1 is 0.971 bits per heavy atom. The van der Waals surface area contributed by atoms with Crippen LogP contribution in [0.15, 0.2) is 95.0 Å². The molecule has 0 atom stereocenters. The number of thioether (sulfide) groups is 1. The number of aryl methyl sites for hydroxylation is 1. The van der Waals surface area contributed by atoms with Crippen molar-refractivity contribution in [3.63, 3.8) is 0 Å². The van der Waals surface area contributed by atoms with Crippen molar-refractivity contribution in [3.05, 3.63) is 96.3 Å². The minimum Gasteiger partial charge on any atom is -0.325 e. The lowest BCUT2D eigenvalue weighted by Gasteiger charge is -2.11. The average molecular weight is 506 g/mol. The third kappa shape index (κ3) is 4.52. The minimum absolute atomic E-state index is 0.105. The second kappa shape index (κ2) is 9.16. The number of hydrogen-bond donors (Lipinski definition) is 1. The lowest BCUT2D eigenvalue weighted by molar-refractivity contribution is -0.113. The maximum absolute atomic E-state index is 13.8. The van der Waals surface area contributed by atoms with Crippen LogP contribution in [-0.4, -0.2) is 29.0 Å². The second-order valence-corrected chi connectivity index (χ2v) is 10.7. The van der Waals surface area contributed by atoms with Gasteiger partial charge in [-0.25, -0.2) is 21.8 Å². The van der Waals surface area contributed by atoms with Crippen LogP contribution < -0.4 is 5.32 Å². The van der Waals surface area contributed by atoms with E-state index in [9.17, 15) is 17.6 Å². The van der Waals surface area contributed by atoms with Crippen LogP contribution in [0.25, 0.3) is 21.8 Å². The number of carbonyl (C=O) groups excluding carboxylic acids is 1. The second-order valence-electron chi connectivity index (χ2n) is 7.96. The normalized spacial score (nSPS) is 11.7. The molecule has 0 spiro atoms. The number of imidazole rings is 1. The Balaban J connectivity index is 1.48. The highest BCUT2D eigenvalue weighted by atomic mass is 32.2. The first-order valence-electron chi connectivity index (χ1n) is 10.7. The summed E-state index contributed by atoms with van der Waals surface area (Å²) in [7, 11) is -4.01. The van der Waals surface area contributed by atoms with Gasteiger partial charge >= 0.3 is 0 Å². The smallest absolute Gasteiger partial charge is 0.270 e. The molecule has 176 valence electrons. The van der Waals surface area contributed by atoms with Gasteiger partial charge in [-0.1, -0.05) is 60.3 Å². The monoisotopic (exact) mass is 505 g/mol. The largest absolute Gasteiger partial charge is 0.325 e. The summed E-state index contributed by atoms with van der Waals surface area (Å²) in [6.07, 6.45) is 0. The van der Waals surface area contributed by atoms with Gasteiger partial charge in [0.05, 0.1) is 21.7 Å². The van der Waals surface area contributed by atoms with E-state index < -0.39 is 21.7 Å². The number of hydrogen-bond acceptors (Lipinski definition) is 5. The highest BCUT2D eigenvalue weighted by Crippen LogP contribution is 2.30. The van der Waals surface area contributed by atoms with Crippen LogP contribution in [0, 0.1) is 12.7 Å². The topological polar surface area (TPSA) is 81.1 Å². The van der Waals surface area contributed by atoms with Gasteiger partial charge in [-0.3, -0.25) is 4.79 Å². The number of fused-ring (bicyclic) bond motifs is 2. The van der Waals surface area contributed by atoms with Crippen LogP contribution in [0.3, 0.4) is 0 Å². The predicted molar refractivity (Wildman–Crippen MR) is 137 cm³/mol. The molecule has 0 aliphatic carbocycles. The first-order valence-corrected chi connectivity index (χ1v) is 13.2. The van der Waals surface area contributed by atoms with E-state index in [0.717, 1.165) is 22.5 Å². The molecule has 0 aliphatic heterocycles. The van der Waals surface area contributed by atoms with Gasteiger partial charge in [0.25, 0.3) is 10.0 Å². The van der Waals surface area contributed by atoms with Gasteiger partial charge in [0.15, 0.2) is 5.16 Å². The van der Waals surface area contributed by atoms with Crippen molar-refractivity contribution < 1.29 is 17.6 Å². The molecule has 0 fully saturated rings. The summed E-state index contributed by atoms with van der Waals surface area (Å²) in [6, 6.07) is 23.8. The van der Waals surface area contributed by atoms with Crippen molar-refractivity contribution in [2.45, 2.75) is 17.0 Å². The fourth-order valence-electron chi connectivity index (χ4n) is 3.74. The number of benzene rings is 4. The molecule has 0 saturated heterocycles. The highest BCUT2D eigenvalue weighted by Gasteiger charge is 2.25. The van der Waals surface area contributed by atoms with Crippen molar-refractivity contribution in [1.82, 2.24) is 8.96 Å². The molecule has 6 nitrogen and oxygen atoms in total. The number of aromatic nitrogens is 2. The summed E-state index contributed by atoms with van der Waals surface area (Å²) in [5, 5.41) is 4.54. The van der Waals surface area contributed by atoms with Gasteiger partial charge in [-0.15, -0.1) is 0 Å². The number of amides is 1. The van der Waals surface area contributed by atoms with Crippen molar-refractivity contribution in [2.24, 2.45) is 0 Å². The van der Waals surface area contributed by atoms with Gasteiger partial charge in [-0.2, -0.15) is 0 Å². The Hall–Kier alpha value is -3.69. The maximum atomic E-state index is 13.8. The predicted octanol–water partition coefficient (Wildman–Crippen LogP) is 5.60. The molecule has 0 bridgehead atoms. The molecule has 1 N–H and O–H groups in total. The van der Waals surface area contributed by atoms with Crippen LogP contribution in [0.2, 0.25) is 0 Å². The molecule has 5 rings (SSSR count). The zero-order chi connectivity index (χ0) is 24.6. The van der Waals surface area contributed by atoms with Gasteiger partial charge in [0, 0.05) is 5.69 Å². The van der Waals surface area contributed by atoms with E-state index in [-0.39, 0.29) is 15.8 Å². The van der Waals surface area contributed by atoms with Gasteiger partial charge in [0.1, 0.15) is 5.82 Å². The number of anilines is 1. The molecular weight excluding hydrogens is 485 g/mol. The molecule has 9 heteroatoms. The molecule has 5 aromatic rings. The highest BCUT2D eigenvalue weighted by molar-refractivity contribution is 8.00. The third-order valence-corrected chi connectivity index (χ3v) is 8.29. The minimum atomic E-state index is -4.01. The summed E-state index contributed by atoms with van der Waals surface area (Å²) in [6.45, 7) is 1.64. The molecule has 0 aliphatic rings. The summed E-state index contributed by atoms with van der Waals surface area (Å²) in [4.78, 5) is 17.1. The van der Waals surface area contributed by atoms with E-state index in [0.29, 0.717) is 22.3 Å². The van der Waals surface area contributed by atoms with E-state index in [1.54, 1.807) is 61.5 Å². The molecule has 35 heavy (non-hydrogen) atoms. The molecule has 0 unspecified atom stereocenters. The molecule has 4 aromatic carbocycles. The first-order chi connectivity index (χ1) is 16.8. The average Bonchev–Trinajstić information content (AvgIpc) is 3.24. The number of halogens is 1. The first kappa shape index (κ1) is 23.1. The zero-order valence-electron chi connectivity index (χ0n) is 18.6. The number of carbonyl (C=O) groups is 1. The van der Waals surface area contributed by atoms with Gasteiger partial charge < -0.3 is 5.32 Å². The van der Waals surface area contributed by atoms with Gasteiger partial charge in [0.2, 0.25) is 5.91 Å². The zero-order valence-corrected chi connectivity index (χ0v) is 20.2. The Bertz CT molecular complexity index is 1700. The summed E-state index contributed by atoms with van der Waals surface area (Å²) >= 11 is 1.000. The summed E-state index contributed by atoms with van der Waals surface area (Å²) < 4.78 is 42.5. The van der Waals surface area contributed by atoms with E-state index in [2.05, 4.69) is 10.3 Å². The van der Waals surface area contributed by atoms with Crippen molar-refractivity contribution >= 4 is 55.2 Å². The standard InChI is InChI=1S/C26H20FN3O3S2/c1-17-10-12-20(15-22(17)27)28-25(31)16-34-26-29-23-8-4-5-9-24(23)30(26)35(32,33)21-13-11-18-6-2-3-7-19(18)14-21/h2-15H,16H2,1H3,(H,28,31).